The van der Waals surface area contributed by atoms with Crippen LogP contribution in [0.25, 0.3) is 0 Å². The highest BCUT2D eigenvalue weighted by molar-refractivity contribution is 14.0. The molecule has 0 radical (unpaired) electrons. The zero-order valence-electron chi connectivity index (χ0n) is 12.9. The van der Waals surface area contributed by atoms with Gasteiger partial charge in [0.05, 0.1) is 13.7 Å². The minimum Gasteiger partial charge on any atom is -0.497 e. The molecule has 118 valence electrons. The van der Waals surface area contributed by atoms with Gasteiger partial charge < -0.3 is 15.8 Å². The molecule has 4 nitrogen and oxygen atoms in total. The first-order valence-corrected chi connectivity index (χ1v) is 6.93. The predicted molar refractivity (Wildman–Crippen MR) is 101 cm³/mol. The lowest BCUT2D eigenvalue weighted by atomic mass is 10.1. The largest absolute Gasteiger partial charge is 0.497 e. The zero-order valence-corrected chi connectivity index (χ0v) is 15.2. The van der Waals surface area contributed by atoms with E-state index in [9.17, 15) is 0 Å². The summed E-state index contributed by atoms with van der Waals surface area (Å²) in [5, 5.41) is 3.11. The Labute approximate surface area is 144 Å². The molecule has 1 aromatic carbocycles. The Kier molecular flexibility index (Phi) is 10.7. The van der Waals surface area contributed by atoms with Crippen molar-refractivity contribution in [3.05, 3.63) is 42.0 Å². The van der Waals surface area contributed by atoms with Gasteiger partial charge in [0.15, 0.2) is 5.96 Å². The highest BCUT2D eigenvalue weighted by Gasteiger charge is 1.96. The fourth-order valence-electron chi connectivity index (χ4n) is 1.74. The summed E-state index contributed by atoms with van der Waals surface area (Å²) in [6.45, 7) is 7.16. The summed E-state index contributed by atoms with van der Waals surface area (Å²) in [4.78, 5) is 4.17. The summed E-state index contributed by atoms with van der Waals surface area (Å²) in [6, 6.07) is 8.20. The number of nitrogens with two attached hydrogens (primary N) is 1. The van der Waals surface area contributed by atoms with Crippen LogP contribution in [0, 0.1) is 0 Å². The van der Waals surface area contributed by atoms with Gasteiger partial charge in [0.1, 0.15) is 5.75 Å². The van der Waals surface area contributed by atoms with E-state index in [1.165, 1.54) is 5.56 Å². The summed E-state index contributed by atoms with van der Waals surface area (Å²) >= 11 is 0. The lowest BCUT2D eigenvalue weighted by molar-refractivity contribution is 0.414. The molecule has 0 heterocycles. The maximum Gasteiger partial charge on any atom is 0.188 e. The number of unbranched alkanes of at least 4 members (excludes halogenated alkanes) is 1. The molecule has 21 heavy (non-hydrogen) atoms. The molecular formula is C16H26IN3O. The number of nitrogens with one attached hydrogen (secondary N) is 1. The molecule has 0 unspecified atom stereocenters. The Hall–Kier alpha value is -1.24. The van der Waals surface area contributed by atoms with E-state index in [0.717, 1.165) is 37.1 Å². The third-order valence-electron chi connectivity index (χ3n) is 2.88. The van der Waals surface area contributed by atoms with Crippen LogP contribution in [-0.2, 0) is 6.42 Å². The lowest BCUT2D eigenvalue weighted by Crippen LogP contribution is -2.32. The maximum absolute atomic E-state index is 5.73. The number of ether oxygens (including phenoxy) is 1. The number of aryl methyl sites for hydroxylation is 1. The third-order valence-corrected chi connectivity index (χ3v) is 2.88. The van der Waals surface area contributed by atoms with E-state index in [-0.39, 0.29) is 24.0 Å². The number of nitrogens with zero attached hydrogens (tertiary/aromatic N) is 1. The molecule has 0 aliphatic heterocycles. The van der Waals surface area contributed by atoms with Crippen molar-refractivity contribution >= 4 is 29.9 Å². The number of hydrogen-bond acceptors (Lipinski definition) is 2. The van der Waals surface area contributed by atoms with Gasteiger partial charge >= 0.3 is 0 Å². The van der Waals surface area contributed by atoms with Gasteiger partial charge in [-0.2, -0.15) is 0 Å². The van der Waals surface area contributed by atoms with Crippen LogP contribution in [0.2, 0.25) is 0 Å². The minimum atomic E-state index is 0. The molecular weight excluding hydrogens is 377 g/mol. The normalized spacial score (nSPS) is 10.7. The molecule has 0 fully saturated rings. The predicted octanol–water partition coefficient (Wildman–Crippen LogP) is 3.12. The van der Waals surface area contributed by atoms with Crippen LogP contribution in [0.4, 0.5) is 0 Å². The van der Waals surface area contributed by atoms with E-state index in [1.807, 2.05) is 19.1 Å². The number of rotatable bonds is 8. The van der Waals surface area contributed by atoms with Crippen molar-refractivity contribution in [1.29, 1.82) is 0 Å². The quantitative estimate of drug-likeness (QED) is 0.231. The van der Waals surface area contributed by atoms with Gasteiger partial charge in [0.25, 0.3) is 0 Å². The van der Waals surface area contributed by atoms with Crippen LogP contribution in [-0.4, -0.2) is 26.2 Å². The monoisotopic (exact) mass is 403 g/mol. The molecule has 0 atom stereocenters. The number of halogens is 1. The number of methoxy groups -OCH3 is 1. The van der Waals surface area contributed by atoms with Gasteiger partial charge in [0.2, 0.25) is 0 Å². The lowest BCUT2D eigenvalue weighted by Gasteiger charge is -2.06. The third kappa shape index (κ3) is 9.33. The first-order valence-electron chi connectivity index (χ1n) is 6.93. The van der Waals surface area contributed by atoms with E-state index < -0.39 is 0 Å². The number of benzene rings is 1. The molecule has 0 aliphatic carbocycles. The van der Waals surface area contributed by atoms with Gasteiger partial charge in [0, 0.05) is 6.54 Å². The topological polar surface area (TPSA) is 59.6 Å². The highest BCUT2D eigenvalue weighted by Crippen LogP contribution is 2.12. The van der Waals surface area contributed by atoms with Crippen LogP contribution < -0.4 is 15.8 Å². The molecule has 5 heteroatoms. The fourth-order valence-corrected chi connectivity index (χ4v) is 1.74. The van der Waals surface area contributed by atoms with Gasteiger partial charge in [-0.25, -0.2) is 4.99 Å². The van der Waals surface area contributed by atoms with Crippen LogP contribution >= 0.6 is 24.0 Å². The van der Waals surface area contributed by atoms with Crippen molar-refractivity contribution in [3.63, 3.8) is 0 Å². The van der Waals surface area contributed by atoms with E-state index in [4.69, 9.17) is 10.5 Å². The van der Waals surface area contributed by atoms with Gasteiger partial charge in [-0.15, -0.1) is 24.0 Å². The van der Waals surface area contributed by atoms with Crippen LogP contribution in [0.1, 0.15) is 25.3 Å². The summed E-state index contributed by atoms with van der Waals surface area (Å²) < 4.78 is 5.14. The molecule has 0 aromatic heterocycles. The molecule has 1 rings (SSSR count). The van der Waals surface area contributed by atoms with Crippen molar-refractivity contribution in [1.82, 2.24) is 5.32 Å². The summed E-state index contributed by atoms with van der Waals surface area (Å²) in [7, 11) is 1.68. The van der Waals surface area contributed by atoms with Crippen molar-refractivity contribution in [2.45, 2.75) is 26.2 Å². The Morgan fingerprint density at radius 3 is 2.52 bits per heavy atom. The van der Waals surface area contributed by atoms with Crippen LogP contribution in [0.3, 0.4) is 0 Å². The second-order valence-corrected chi connectivity index (χ2v) is 4.89. The molecule has 1 aromatic rings. The van der Waals surface area contributed by atoms with Crippen LogP contribution in [0.15, 0.2) is 41.4 Å². The van der Waals surface area contributed by atoms with Gasteiger partial charge in [-0.1, -0.05) is 24.3 Å². The summed E-state index contributed by atoms with van der Waals surface area (Å²) in [5.41, 5.74) is 8.07. The number of aliphatic imine (C=N–C) groups is 1. The molecule has 0 aliphatic rings. The molecule has 0 saturated heterocycles. The van der Waals surface area contributed by atoms with E-state index in [2.05, 4.69) is 29.0 Å². The summed E-state index contributed by atoms with van der Waals surface area (Å²) in [5.74, 6) is 1.40. The minimum absolute atomic E-state index is 0. The Bertz CT molecular complexity index is 443. The number of guanidine groups is 1. The standard InChI is InChI=1S/C16H25N3O.HI/c1-13(2)12-19-16(17)18-11-5-4-6-14-7-9-15(20-3)10-8-14;/h7-10H,1,4-6,11-12H2,2-3H3,(H3,17,18,19);1H. The van der Waals surface area contributed by atoms with E-state index in [1.54, 1.807) is 7.11 Å². The average molecular weight is 403 g/mol. The fraction of sp³-hybridized carbons (Fsp3) is 0.438. The van der Waals surface area contributed by atoms with Crippen molar-refractivity contribution in [2.24, 2.45) is 10.7 Å². The average Bonchev–Trinajstić information content (AvgIpc) is 2.45. The Morgan fingerprint density at radius 2 is 1.95 bits per heavy atom. The number of hydrogen-bond donors (Lipinski definition) is 2. The van der Waals surface area contributed by atoms with E-state index >= 15 is 0 Å². The second kappa shape index (κ2) is 11.4. The molecule has 0 saturated carbocycles. The van der Waals surface area contributed by atoms with Crippen molar-refractivity contribution in [2.75, 3.05) is 20.2 Å². The van der Waals surface area contributed by atoms with Crippen molar-refractivity contribution in [3.8, 4) is 5.75 Å². The van der Waals surface area contributed by atoms with Crippen LogP contribution in [0.5, 0.6) is 5.75 Å². The zero-order chi connectivity index (χ0) is 14.8. The van der Waals surface area contributed by atoms with E-state index in [0.29, 0.717) is 12.5 Å². The Balaban J connectivity index is 0.00000400. The molecule has 0 amide bonds. The maximum atomic E-state index is 5.73. The summed E-state index contributed by atoms with van der Waals surface area (Å²) in [6.07, 6.45) is 3.25. The molecule has 3 N–H and O–H groups in total. The first-order chi connectivity index (χ1) is 9.61. The molecule has 0 bridgehead atoms. The van der Waals surface area contributed by atoms with Gasteiger partial charge in [-0.05, 0) is 43.9 Å². The van der Waals surface area contributed by atoms with Crippen molar-refractivity contribution < 1.29 is 4.74 Å². The van der Waals surface area contributed by atoms with Gasteiger partial charge in [-0.3, -0.25) is 0 Å². The first kappa shape index (κ1) is 19.8. The highest BCUT2D eigenvalue weighted by atomic mass is 127. The smallest absolute Gasteiger partial charge is 0.188 e. The Morgan fingerprint density at radius 1 is 1.29 bits per heavy atom. The second-order valence-electron chi connectivity index (χ2n) is 4.89. The molecule has 0 spiro atoms. The SMILES string of the molecule is C=C(C)CN=C(N)NCCCCc1ccc(OC)cc1.I.